The summed E-state index contributed by atoms with van der Waals surface area (Å²) in [5, 5.41) is 19.9. The number of aliphatic hydroxyl groups excluding tert-OH is 1. The lowest BCUT2D eigenvalue weighted by atomic mass is 9.94. The van der Waals surface area contributed by atoms with Crippen molar-refractivity contribution in [1.82, 2.24) is 10.2 Å². The summed E-state index contributed by atoms with van der Waals surface area (Å²) in [4.78, 5) is 40.3. The summed E-state index contributed by atoms with van der Waals surface area (Å²) >= 11 is 2.29. The van der Waals surface area contributed by atoms with Crippen molar-refractivity contribution in [2.75, 3.05) is 25.2 Å². The summed E-state index contributed by atoms with van der Waals surface area (Å²) in [6.45, 7) is 0.704. The maximum Gasteiger partial charge on any atom is 0.337 e. The van der Waals surface area contributed by atoms with E-state index in [0.29, 0.717) is 40.2 Å². The molecular formula is C30H22FN3O7S2. The molecule has 3 heterocycles. The van der Waals surface area contributed by atoms with E-state index in [0.717, 1.165) is 11.3 Å². The quantitative estimate of drug-likeness (QED) is 0.0741. The van der Waals surface area contributed by atoms with Crippen LogP contribution in [0, 0.1) is 5.82 Å². The third kappa shape index (κ3) is 5.44. The van der Waals surface area contributed by atoms with Crippen LogP contribution in [0.25, 0.3) is 5.76 Å². The number of carbonyl (C=O) groups is 3. The van der Waals surface area contributed by atoms with Crippen molar-refractivity contribution in [3.8, 4) is 11.5 Å². The highest BCUT2D eigenvalue weighted by Gasteiger charge is 2.48. The van der Waals surface area contributed by atoms with Crippen molar-refractivity contribution in [3.05, 3.63) is 100 Å². The van der Waals surface area contributed by atoms with Gasteiger partial charge in [0.15, 0.2) is 15.8 Å². The number of aromatic nitrogens is 2. The van der Waals surface area contributed by atoms with E-state index >= 15 is 0 Å². The Morgan fingerprint density at radius 3 is 2.51 bits per heavy atom. The van der Waals surface area contributed by atoms with Crippen LogP contribution in [-0.4, -0.2) is 53.3 Å². The summed E-state index contributed by atoms with van der Waals surface area (Å²) in [7, 11) is 1.26. The van der Waals surface area contributed by atoms with Gasteiger partial charge in [0.2, 0.25) is 5.13 Å². The average Bonchev–Trinajstić information content (AvgIpc) is 3.61. The minimum Gasteiger partial charge on any atom is -0.507 e. The number of nitrogens with zero attached hydrogens (tertiary/aromatic N) is 3. The van der Waals surface area contributed by atoms with Gasteiger partial charge < -0.3 is 19.3 Å². The Balaban J connectivity index is 1.40. The van der Waals surface area contributed by atoms with E-state index in [2.05, 4.69) is 10.2 Å². The second-order valence-corrected chi connectivity index (χ2v) is 11.6. The second kappa shape index (κ2) is 11.9. The molecule has 1 atom stereocenters. The Bertz CT molecular complexity index is 1770. The lowest BCUT2D eigenvalue weighted by molar-refractivity contribution is -0.132. The summed E-state index contributed by atoms with van der Waals surface area (Å²) in [6, 6.07) is 16.1. The molecule has 2 aliphatic rings. The zero-order chi connectivity index (χ0) is 30.1. The van der Waals surface area contributed by atoms with Crippen LogP contribution in [0.5, 0.6) is 11.5 Å². The molecule has 3 aromatic carbocycles. The third-order valence-electron chi connectivity index (χ3n) is 6.82. The SMILES string of the molecule is COC(=O)c1ccc([C@@H]2/C(=C(\O)c3ccc4c(c3)OCCO4)C(=O)C(=O)N2c2nnc(SCc3ccccc3F)s2)cc1. The average molecular weight is 620 g/mol. The lowest BCUT2D eigenvalue weighted by Gasteiger charge is -2.23. The largest absolute Gasteiger partial charge is 0.507 e. The molecule has 218 valence electrons. The number of benzene rings is 3. The first-order valence-electron chi connectivity index (χ1n) is 12.9. The molecule has 13 heteroatoms. The lowest BCUT2D eigenvalue weighted by Crippen LogP contribution is -2.29. The van der Waals surface area contributed by atoms with Crippen LogP contribution in [0.15, 0.2) is 76.6 Å². The van der Waals surface area contributed by atoms with E-state index in [1.165, 1.54) is 48.0 Å². The van der Waals surface area contributed by atoms with Crippen LogP contribution in [0.1, 0.15) is 33.1 Å². The van der Waals surface area contributed by atoms with Crippen molar-refractivity contribution in [2.24, 2.45) is 0 Å². The molecule has 1 amide bonds. The van der Waals surface area contributed by atoms with Gasteiger partial charge in [0, 0.05) is 11.3 Å². The molecule has 10 nitrogen and oxygen atoms in total. The maximum atomic E-state index is 14.1. The molecule has 0 bridgehead atoms. The zero-order valence-electron chi connectivity index (χ0n) is 22.5. The molecule has 1 fully saturated rings. The molecule has 2 aliphatic heterocycles. The van der Waals surface area contributed by atoms with Crippen LogP contribution < -0.4 is 14.4 Å². The smallest absolute Gasteiger partial charge is 0.337 e. The first-order valence-corrected chi connectivity index (χ1v) is 14.7. The fourth-order valence-electron chi connectivity index (χ4n) is 4.72. The van der Waals surface area contributed by atoms with Gasteiger partial charge in [-0.05, 0) is 47.5 Å². The topological polar surface area (TPSA) is 128 Å². The Morgan fingerprint density at radius 1 is 1.05 bits per heavy atom. The standard InChI is InChI=1S/C30H22FN3O7S2/c1-39-28(38)17-8-6-16(7-9-17)24-23(25(35)18-10-11-21-22(14-18)41-13-12-40-21)26(36)27(37)34(24)29-32-33-30(43-29)42-15-19-4-2-3-5-20(19)31/h2-11,14,24,35H,12-13,15H2,1H3/b25-23+/t24-/m1/s1. The number of ketones is 1. The van der Waals surface area contributed by atoms with Crippen molar-refractivity contribution >= 4 is 51.6 Å². The number of Topliss-reactive ketones (excluding diaryl/α,β-unsaturated/α-hetero) is 1. The first kappa shape index (κ1) is 28.4. The van der Waals surface area contributed by atoms with Gasteiger partial charge in [-0.3, -0.25) is 14.5 Å². The van der Waals surface area contributed by atoms with Gasteiger partial charge in [-0.25, -0.2) is 9.18 Å². The number of carbonyl (C=O) groups excluding carboxylic acids is 3. The van der Waals surface area contributed by atoms with Gasteiger partial charge in [-0.2, -0.15) is 0 Å². The monoisotopic (exact) mass is 619 g/mol. The number of thioether (sulfide) groups is 1. The highest BCUT2D eigenvalue weighted by atomic mass is 32.2. The summed E-state index contributed by atoms with van der Waals surface area (Å²) in [5.41, 5.74) is 1.24. The molecule has 0 saturated carbocycles. The molecule has 0 radical (unpaired) electrons. The minimum absolute atomic E-state index is 0.112. The number of rotatable bonds is 7. The van der Waals surface area contributed by atoms with Gasteiger partial charge >= 0.3 is 11.9 Å². The Morgan fingerprint density at radius 2 is 1.77 bits per heavy atom. The number of ether oxygens (including phenoxy) is 3. The van der Waals surface area contributed by atoms with Crippen LogP contribution in [-0.2, 0) is 20.1 Å². The molecule has 1 aromatic heterocycles. The van der Waals surface area contributed by atoms with Crippen LogP contribution in [0.4, 0.5) is 9.52 Å². The van der Waals surface area contributed by atoms with Crippen LogP contribution in [0.3, 0.4) is 0 Å². The fraction of sp³-hybridized carbons (Fsp3) is 0.167. The predicted octanol–water partition coefficient (Wildman–Crippen LogP) is 5.15. The minimum atomic E-state index is -1.10. The summed E-state index contributed by atoms with van der Waals surface area (Å²) < 4.78 is 30.5. The van der Waals surface area contributed by atoms with Crippen LogP contribution in [0.2, 0.25) is 0 Å². The van der Waals surface area contributed by atoms with E-state index in [4.69, 9.17) is 14.2 Å². The number of anilines is 1. The van der Waals surface area contributed by atoms with Crippen LogP contribution >= 0.6 is 23.1 Å². The number of hydrogen-bond acceptors (Lipinski definition) is 11. The van der Waals surface area contributed by atoms with Gasteiger partial charge in [-0.15, -0.1) is 10.2 Å². The Labute approximate surface area is 252 Å². The molecule has 4 aromatic rings. The number of methoxy groups -OCH3 is 1. The van der Waals surface area contributed by atoms with Gasteiger partial charge in [0.25, 0.3) is 5.78 Å². The van der Waals surface area contributed by atoms with E-state index in [9.17, 15) is 23.9 Å². The Kier molecular flexibility index (Phi) is 7.82. The number of aliphatic hydroxyl groups is 1. The molecule has 6 rings (SSSR count). The fourth-order valence-corrected chi connectivity index (χ4v) is 6.58. The van der Waals surface area contributed by atoms with Gasteiger partial charge in [0.05, 0.1) is 24.3 Å². The molecular weight excluding hydrogens is 597 g/mol. The van der Waals surface area contributed by atoms with Gasteiger partial charge in [0.1, 0.15) is 24.8 Å². The second-order valence-electron chi connectivity index (χ2n) is 9.37. The number of halogens is 1. The first-order chi connectivity index (χ1) is 20.9. The summed E-state index contributed by atoms with van der Waals surface area (Å²) in [6.07, 6.45) is 0. The molecule has 1 saturated heterocycles. The number of hydrogen-bond donors (Lipinski definition) is 1. The van der Waals surface area contributed by atoms with Crippen molar-refractivity contribution in [3.63, 3.8) is 0 Å². The molecule has 43 heavy (non-hydrogen) atoms. The van der Waals surface area contributed by atoms with E-state index in [1.807, 2.05) is 0 Å². The Hall–Kier alpha value is -4.75. The molecule has 0 unspecified atom stereocenters. The summed E-state index contributed by atoms with van der Waals surface area (Å²) in [5.74, 6) is -2.00. The van der Waals surface area contributed by atoms with Crippen molar-refractivity contribution in [1.29, 1.82) is 0 Å². The van der Waals surface area contributed by atoms with E-state index < -0.39 is 29.5 Å². The van der Waals surface area contributed by atoms with Gasteiger partial charge in [-0.1, -0.05) is 53.4 Å². The van der Waals surface area contributed by atoms with E-state index in [1.54, 1.807) is 42.5 Å². The zero-order valence-corrected chi connectivity index (χ0v) is 24.1. The molecule has 0 aliphatic carbocycles. The molecule has 1 N–H and O–H groups in total. The highest BCUT2D eigenvalue weighted by molar-refractivity contribution is 8.00. The van der Waals surface area contributed by atoms with Crippen molar-refractivity contribution < 1.29 is 38.1 Å². The van der Waals surface area contributed by atoms with Crippen molar-refractivity contribution in [2.45, 2.75) is 16.1 Å². The number of amides is 1. The normalized spacial score (nSPS) is 17.3. The third-order valence-corrected chi connectivity index (χ3v) is 8.92. The number of esters is 1. The number of fused-ring (bicyclic) bond motifs is 1. The maximum absolute atomic E-state index is 14.1. The highest BCUT2D eigenvalue weighted by Crippen LogP contribution is 2.45. The predicted molar refractivity (Wildman–Crippen MR) is 156 cm³/mol. The molecule has 0 spiro atoms. The van der Waals surface area contributed by atoms with E-state index in [-0.39, 0.29) is 33.4 Å².